The van der Waals surface area contributed by atoms with E-state index < -0.39 is 0 Å². The first-order chi connectivity index (χ1) is 5.77. The maximum atomic E-state index is 9.19. The second-order valence-electron chi connectivity index (χ2n) is 2.69. The normalized spacial score (nSPS) is 9.33. The molecule has 1 heteroatoms. The third kappa shape index (κ3) is 1.79. The van der Waals surface area contributed by atoms with Crippen LogP contribution in [0.2, 0.25) is 0 Å². The van der Waals surface area contributed by atoms with E-state index in [0.29, 0.717) is 12.2 Å². The van der Waals surface area contributed by atoms with Crippen LogP contribution in [-0.4, -0.2) is 5.11 Å². The Morgan fingerprint density at radius 1 is 1.42 bits per heavy atom. The molecule has 0 saturated heterocycles. The average molecular weight is 160 g/mol. The Morgan fingerprint density at radius 2 is 2.17 bits per heavy atom. The maximum absolute atomic E-state index is 9.19. The van der Waals surface area contributed by atoms with Gasteiger partial charge in [-0.3, -0.25) is 0 Å². The Labute approximate surface area is 73.0 Å². The van der Waals surface area contributed by atoms with Crippen molar-refractivity contribution in [2.45, 2.75) is 19.8 Å². The second-order valence-corrected chi connectivity index (χ2v) is 2.69. The molecule has 0 aliphatic heterocycles. The van der Waals surface area contributed by atoms with E-state index in [0.717, 1.165) is 17.5 Å². The molecule has 1 N–H and O–H groups in total. The van der Waals surface area contributed by atoms with Crippen molar-refractivity contribution in [3.63, 3.8) is 0 Å². The Balaban J connectivity index is 3.04. The number of phenols is 1. The van der Waals surface area contributed by atoms with Gasteiger partial charge in [-0.2, -0.15) is 0 Å². The molecule has 0 amide bonds. The summed E-state index contributed by atoms with van der Waals surface area (Å²) < 4.78 is 0. The van der Waals surface area contributed by atoms with Crippen LogP contribution in [0.1, 0.15) is 18.1 Å². The fraction of sp³-hybridized carbons (Fsp3) is 0.273. The van der Waals surface area contributed by atoms with Crippen LogP contribution < -0.4 is 0 Å². The highest BCUT2D eigenvalue weighted by atomic mass is 16.3. The summed E-state index contributed by atoms with van der Waals surface area (Å²) in [4.78, 5) is 0. The van der Waals surface area contributed by atoms with E-state index in [1.165, 1.54) is 0 Å². The molecule has 0 fully saturated rings. The number of hydrogen-bond donors (Lipinski definition) is 1. The summed E-state index contributed by atoms with van der Waals surface area (Å²) >= 11 is 0. The number of benzene rings is 1. The summed E-state index contributed by atoms with van der Waals surface area (Å²) in [5, 5.41) is 9.19. The van der Waals surface area contributed by atoms with E-state index in [1.54, 1.807) is 12.1 Å². The van der Waals surface area contributed by atoms with Gasteiger partial charge in [-0.25, -0.2) is 0 Å². The molecule has 0 bridgehead atoms. The summed E-state index contributed by atoms with van der Waals surface area (Å²) in [6, 6.07) is 5.33. The molecule has 0 heterocycles. The Kier molecular flexibility index (Phi) is 2.76. The minimum Gasteiger partial charge on any atom is -0.508 e. The van der Waals surface area contributed by atoms with Gasteiger partial charge in [0, 0.05) is 6.42 Å². The molecule has 62 valence electrons. The van der Waals surface area contributed by atoms with E-state index in [9.17, 15) is 5.11 Å². The number of hydrogen-bond acceptors (Lipinski definition) is 1. The molecule has 1 rings (SSSR count). The van der Waals surface area contributed by atoms with Gasteiger partial charge in [0.25, 0.3) is 0 Å². The van der Waals surface area contributed by atoms with E-state index in [4.69, 9.17) is 6.42 Å². The number of phenolic OH excluding ortho intramolecular Hbond substituents is 1. The topological polar surface area (TPSA) is 20.2 Å². The molecular formula is C11H12O. The van der Waals surface area contributed by atoms with Crippen LogP contribution in [-0.2, 0) is 12.8 Å². The van der Waals surface area contributed by atoms with Crippen molar-refractivity contribution in [3.05, 3.63) is 29.3 Å². The first kappa shape index (κ1) is 8.67. The highest BCUT2D eigenvalue weighted by Crippen LogP contribution is 2.17. The average Bonchev–Trinajstić information content (AvgIpc) is 2.08. The molecule has 1 aromatic carbocycles. The minimum absolute atomic E-state index is 0.313. The van der Waals surface area contributed by atoms with Crippen molar-refractivity contribution >= 4 is 0 Å². The molecular weight excluding hydrogens is 148 g/mol. The maximum Gasteiger partial charge on any atom is 0.115 e. The fourth-order valence-corrected chi connectivity index (χ4v) is 1.22. The number of rotatable bonds is 2. The summed E-state index contributed by atoms with van der Waals surface area (Å²) in [6.45, 7) is 2.05. The SMILES string of the molecule is C#CCc1ccc(O)cc1CC. The molecule has 0 radical (unpaired) electrons. The van der Waals surface area contributed by atoms with Crippen LogP contribution in [0.4, 0.5) is 0 Å². The van der Waals surface area contributed by atoms with Gasteiger partial charge >= 0.3 is 0 Å². The monoisotopic (exact) mass is 160 g/mol. The van der Waals surface area contributed by atoms with Crippen LogP contribution in [0, 0.1) is 12.3 Å². The van der Waals surface area contributed by atoms with Gasteiger partial charge in [0.2, 0.25) is 0 Å². The van der Waals surface area contributed by atoms with Crippen LogP contribution in [0.3, 0.4) is 0 Å². The first-order valence-corrected chi connectivity index (χ1v) is 4.02. The molecule has 0 saturated carbocycles. The molecule has 0 aromatic heterocycles. The van der Waals surface area contributed by atoms with Crippen molar-refractivity contribution in [1.29, 1.82) is 0 Å². The number of aromatic hydroxyl groups is 1. The summed E-state index contributed by atoms with van der Waals surface area (Å²) in [5.74, 6) is 2.91. The first-order valence-electron chi connectivity index (χ1n) is 4.02. The Bertz CT molecular complexity index is 307. The third-order valence-corrected chi connectivity index (χ3v) is 1.86. The van der Waals surface area contributed by atoms with Gasteiger partial charge in [0.05, 0.1) is 0 Å². The van der Waals surface area contributed by atoms with Crippen LogP contribution in [0.5, 0.6) is 5.75 Å². The quantitative estimate of drug-likeness (QED) is 0.657. The van der Waals surface area contributed by atoms with Crippen LogP contribution in [0.25, 0.3) is 0 Å². The Morgan fingerprint density at radius 3 is 2.75 bits per heavy atom. The highest BCUT2D eigenvalue weighted by Gasteiger charge is 1.99. The van der Waals surface area contributed by atoms with Gasteiger partial charge in [-0.05, 0) is 29.7 Å². The number of terminal acetylenes is 1. The van der Waals surface area contributed by atoms with E-state index in [1.807, 2.05) is 6.07 Å². The lowest BCUT2D eigenvalue weighted by Crippen LogP contribution is -1.90. The molecule has 12 heavy (non-hydrogen) atoms. The lowest BCUT2D eigenvalue weighted by Gasteiger charge is -2.04. The van der Waals surface area contributed by atoms with E-state index in [-0.39, 0.29) is 0 Å². The van der Waals surface area contributed by atoms with E-state index in [2.05, 4.69) is 12.8 Å². The standard InChI is InChI=1S/C11H12O/c1-3-5-10-6-7-11(12)8-9(10)4-2/h1,6-8,12H,4-5H2,2H3. The third-order valence-electron chi connectivity index (χ3n) is 1.86. The smallest absolute Gasteiger partial charge is 0.115 e. The Hall–Kier alpha value is -1.42. The van der Waals surface area contributed by atoms with Crippen molar-refractivity contribution in [2.75, 3.05) is 0 Å². The zero-order valence-corrected chi connectivity index (χ0v) is 7.17. The summed E-state index contributed by atoms with van der Waals surface area (Å²) in [5.41, 5.74) is 2.27. The van der Waals surface area contributed by atoms with Gasteiger partial charge in [0.15, 0.2) is 0 Å². The van der Waals surface area contributed by atoms with Crippen LogP contribution >= 0.6 is 0 Å². The van der Waals surface area contributed by atoms with Crippen molar-refractivity contribution < 1.29 is 5.11 Å². The molecule has 0 aliphatic rings. The molecule has 0 unspecified atom stereocenters. The predicted octanol–water partition coefficient (Wildman–Crippen LogP) is 2.13. The second kappa shape index (κ2) is 3.82. The molecule has 0 atom stereocenters. The molecule has 1 aromatic rings. The van der Waals surface area contributed by atoms with Gasteiger partial charge in [-0.1, -0.05) is 13.0 Å². The van der Waals surface area contributed by atoms with Crippen LogP contribution in [0.15, 0.2) is 18.2 Å². The zero-order chi connectivity index (χ0) is 8.97. The lowest BCUT2D eigenvalue weighted by molar-refractivity contribution is 0.474. The van der Waals surface area contributed by atoms with Gasteiger partial charge in [0.1, 0.15) is 5.75 Å². The summed E-state index contributed by atoms with van der Waals surface area (Å²) in [7, 11) is 0. The molecule has 0 spiro atoms. The zero-order valence-electron chi connectivity index (χ0n) is 7.17. The summed E-state index contributed by atoms with van der Waals surface area (Å²) in [6.07, 6.45) is 6.76. The molecule has 0 aliphatic carbocycles. The minimum atomic E-state index is 0.313. The largest absolute Gasteiger partial charge is 0.508 e. The van der Waals surface area contributed by atoms with Gasteiger partial charge in [-0.15, -0.1) is 12.3 Å². The van der Waals surface area contributed by atoms with Gasteiger partial charge < -0.3 is 5.11 Å². The van der Waals surface area contributed by atoms with E-state index >= 15 is 0 Å². The van der Waals surface area contributed by atoms with Crippen molar-refractivity contribution in [2.24, 2.45) is 0 Å². The lowest BCUT2D eigenvalue weighted by atomic mass is 10.0. The molecule has 1 nitrogen and oxygen atoms in total. The fourth-order valence-electron chi connectivity index (χ4n) is 1.22. The number of aryl methyl sites for hydroxylation is 1. The van der Waals surface area contributed by atoms with Crippen molar-refractivity contribution in [3.8, 4) is 18.1 Å². The predicted molar refractivity (Wildman–Crippen MR) is 50.0 cm³/mol. The van der Waals surface area contributed by atoms with Crippen molar-refractivity contribution in [1.82, 2.24) is 0 Å². The highest BCUT2D eigenvalue weighted by molar-refractivity contribution is 5.36.